The van der Waals surface area contributed by atoms with Crippen molar-refractivity contribution in [3.05, 3.63) is 64.2 Å². The highest BCUT2D eigenvalue weighted by Crippen LogP contribution is 2.26. The minimum Gasteiger partial charge on any atom is -0.368 e. The average Bonchev–Trinajstić information content (AvgIpc) is 2.52. The number of benzene rings is 2. The fraction of sp³-hybridized carbons (Fsp3) is 0.133. The number of anilines is 1. The average molecular weight is 349 g/mol. The van der Waals surface area contributed by atoms with Gasteiger partial charge in [0.05, 0.1) is 15.5 Å². The minimum absolute atomic E-state index is 0.250. The van der Waals surface area contributed by atoms with Crippen molar-refractivity contribution in [3.8, 4) is 0 Å². The molecule has 0 aliphatic carbocycles. The Hall–Kier alpha value is -2.94. The number of nitrogens with two attached hydrogens (primary N) is 1. The number of non-ortho nitro benzene ring substituents is 1. The first kappa shape index (κ1) is 17.4. The Balaban J connectivity index is 2.57. The Labute approximate surface area is 138 Å². The molecule has 2 rings (SSSR count). The Morgan fingerprint density at radius 2 is 1.88 bits per heavy atom. The molecule has 0 saturated carbocycles. The number of nitro benzene ring substituents is 1. The van der Waals surface area contributed by atoms with Crippen molar-refractivity contribution < 1.29 is 18.1 Å². The second kappa shape index (κ2) is 6.67. The molecule has 9 heteroatoms. The summed E-state index contributed by atoms with van der Waals surface area (Å²) >= 11 is 0. The lowest BCUT2D eigenvalue weighted by molar-refractivity contribution is -0.385. The molecular formula is C15H15N3O5S. The van der Waals surface area contributed by atoms with Gasteiger partial charge in [0, 0.05) is 12.1 Å². The van der Waals surface area contributed by atoms with Crippen LogP contribution in [0.2, 0.25) is 0 Å². The van der Waals surface area contributed by atoms with Gasteiger partial charge in [0.1, 0.15) is 6.54 Å². The Bertz CT molecular complexity index is 895. The van der Waals surface area contributed by atoms with E-state index in [1.807, 2.05) is 0 Å². The number of primary amides is 1. The van der Waals surface area contributed by atoms with E-state index < -0.39 is 27.4 Å². The van der Waals surface area contributed by atoms with Crippen LogP contribution in [0.3, 0.4) is 0 Å². The van der Waals surface area contributed by atoms with Crippen molar-refractivity contribution in [2.24, 2.45) is 5.73 Å². The first-order chi connectivity index (χ1) is 11.2. The lowest BCUT2D eigenvalue weighted by Gasteiger charge is -2.23. The summed E-state index contributed by atoms with van der Waals surface area (Å²) in [5.74, 6) is -0.842. The summed E-state index contributed by atoms with van der Waals surface area (Å²) in [6, 6.07) is 11.1. The number of hydrogen-bond donors (Lipinski definition) is 1. The first-order valence-electron chi connectivity index (χ1n) is 6.84. The number of carbonyl (C=O) groups is 1. The number of sulfonamides is 1. The maximum atomic E-state index is 12.8. The van der Waals surface area contributed by atoms with Gasteiger partial charge in [0.25, 0.3) is 15.7 Å². The van der Waals surface area contributed by atoms with E-state index in [0.29, 0.717) is 0 Å². The third kappa shape index (κ3) is 3.69. The summed E-state index contributed by atoms with van der Waals surface area (Å²) in [5.41, 5.74) is 5.85. The molecule has 0 saturated heterocycles. The van der Waals surface area contributed by atoms with Crippen LogP contribution in [0.5, 0.6) is 0 Å². The van der Waals surface area contributed by atoms with E-state index in [9.17, 15) is 23.3 Å². The van der Waals surface area contributed by atoms with Crippen LogP contribution in [0, 0.1) is 17.0 Å². The molecule has 0 unspecified atom stereocenters. The van der Waals surface area contributed by atoms with Gasteiger partial charge in [-0.25, -0.2) is 8.42 Å². The molecule has 0 radical (unpaired) electrons. The Morgan fingerprint density at radius 1 is 1.21 bits per heavy atom. The number of nitro groups is 1. The molecule has 2 N–H and O–H groups in total. The van der Waals surface area contributed by atoms with Crippen molar-refractivity contribution in [2.45, 2.75) is 11.8 Å². The topological polar surface area (TPSA) is 124 Å². The molecule has 0 fully saturated rings. The number of rotatable bonds is 6. The maximum Gasteiger partial charge on any atom is 0.270 e. The molecule has 8 nitrogen and oxygen atoms in total. The smallest absolute Gasteiger partial charge is 0.270 e. The highest BCUT2D eigenvalue weighted by atomic mass is 32.2. The molecule has 24 heavy (non-hydrogen) atoms. The number of hydrogen-bond acceptors (Lipinski definition) is 5. The summed E-state index contributed by atoms with van der Waals surface area (Å²) in [5, 5.41) is 10.9. The van der Waals surface area contributed by atoms with Gasteiger partial charge in [0.2, 0.25) is 5.91 Å². The SMILES string of the molecule is Cc1cccc(N(CC(N)=O)S(=O)(=O)c2cccc([N+](=O)[O-])c2)c1. The monoisotopic (exact) mass is 349 g/mol. The van der Waals surface area contributed by atoms with E-state index >= 15 is 0 Å². The van der Waals surface area contributed by atoms with E-state index in [-0.39, 0.29) is 16.3 Å². The van der Waals surface area contributed by atoms with Gasteiger partial charge < -0.3 is 5.73 Å². The molecule has 0 aliphatic heterocycles. The van der Waals surface area contributed by atoms with Gasteiger partial charge in [0.15, 0.2) is 0 Å². The quantitative estimate of drug-likeness (QED) is 0.626. The molecule has 0 aliphatic rings. The number of nitrogens with zero attached hydrogens (tertiary/aromatic N) is 2. The van der Waals surface area contributed by atoms with E-state index in [0.717, 1.165) is 15.9 Å². The van der Waals surface area contributed by atoms with Gasteiger partial charge in [-0.05, 0) is 30.7 Å². The van der Waals surface area contributed by atoms with Gasteiger partial charge in [-0.15, -0.1) is 0 Å². The Morgan fingerprint density at radius 3 is 2.46 bits per heavy atom. The summed E-state index contributed by atoms with van der Waals surface area (Å²) in [7, 11) is -4.19. The van der Waals surface area contributed by atoms with Crippen LogP contribution in [0.4, 0.5) is 11.4 Å². The lowest BCUT2D eigenvalue weighted by atomic mass is 10.2. The van der Waals surface area contributed by atoms with Crippen LogP contribution in [0.25, 0.3) is 0 Å². The second-order valence-electron chi connectivity index (χ2n) is 5.07. The highest BCUT2D eigenvalue weighted by molar-refractivity contribution is 7.92. The van der Waals surface area contributed by atoms with Crippen LogP contribution >= 0.6 is 0 Å². The van der Waals surface area contributed by atoms with Gasteiger partial charge in [-0.2, -0.15) is 0 Å². The molecule has 1 amide bonds. The van der Waals surface area contributed by atoms with Crippen LogP contribution in [-0.4, -0.2) is 25.8 Å². The van der Waals surface area contributed by atoms with Crippen LogP contribution in [0.1, 0.15) is 5.56 Å². The number of amides is 1. The zero-order valence-corrected chi connectivity index (χ0v) is 13.6. The van der Waals surface area contributed by atoms with Crippen molar-refractivity contribution in [3.63, 3.8) is 0 Å². The summed E-state index contributed by atoms with van der Waals surface area (Å²) < 4.78 is 26.5. The van der Waals surface area contributed by atoms with Gasteiger partial charge in [-0.3, -0.25) is 19.2 Å². The van der Waals surface area contributed by atoms with E-state index in [2.05, 4.69) is 0 Å². The van der Waals surface area contributed by atoms with Crippen LogP contribution in [-0.2, 0) is 14.8 Å². The molecule has 0 aromatic heterocycles. The fourth-order valence-corrected chi connectivity index (χ4v) is 3.59. The molecule has 0 bridgehead atoms. The van der Waals surface area contributed by atoms with Crippen molar-refractivity contribution in [2.75, 3.05) is 10.8 Å². The van der Waals surface area contributed by atoms with Crippen LogP contribution in [0.15, 0.2) is 53.4 Å². The lowest BCUT2D eigenvalue weighted by Crippen LogP contribution is -2.38. The maximum absolute atomic E-state index is 12.8. The molecular weight excluding hydrogens is 334 g/mol. The molecule has 126 valence electrons. The summed E-state index contributed by atoms with van der Waals surface area (Å²) in [6.45, 7) is 1.19. The van der Waals surface area contributed by atoms with E-state index in [4.69, 9.17) is 5.73 Å². The summed E-state index contributed by atoms with van der Waals surface area (Å²) in [6.07, 6.45) is 0. The van der Waals surface area contributed by atoms with Gasteiger partial charge >= 0.3 is 0 Å². The predicted octanol–water partition coefficient (Wildman–Crippen LogP) is 1.58. The van der Waals surface area contributed by atoms with Crippen LogP contribution < -0.4 is 10.0 Å². The largest absolute Gasteiger partial charge is 0.368 e. The molecule has 2 aromatic rings. The van der Waals surface area contributed by atoms with Crippen molar-refractivity contribution in [1.29, 1.82) is 0 Å². The Kier molecular flexibility index (Phi) is 4.84. The first-order valence-corrected chi connectivity index (χ1v) is 8.28. The van der Waals surface area contributed by atoms with Crippen molar-refractivity contribution >= 4 is 27.3 Å². The highest BCUT2D eigenvalue weighted by Gasteiger charge is 2.27. The predicted molar refractivity (Wildman–Crippen MR) is 88.0 cm³/mol. The second-order valence-corrected chi connectivity index (χ2v) is 6.93. The normalized spacial score (nSPS) is 11.0. The zero-order chi connectivity index (χ0) is 17.9. The molecule has 0 atom stereocenters. The third-order valence-electron chi connectivity index (χ3n) is 3.21. The number of aryl methyl sites for hydroxylation is 1. The van der Waals surface area contributed by atoms with E-state index in [1.54, 1.807) is 25.1 Å². The molecule has 0 heterocycles. The van der Waals surface area contributed by atoms with E-state index in [1.165, 1.54) is 24.3 Å². The molecule has 2 aromatic carbocycles. The number of carbonyl (C=O) groups excluding carboxylic acids is 1. The van der Waals surface area contributed by atoms with Crippen molar-refractivity contribution in [1.82, 2.24) is 0 Å². The zero-order valence-electron chi connectivity index (χ0n) is 12.7. The molecule has 0 spiro atoms. The minimum atomic E-state index is -4.19. The fourth-order valence-electron chi connectivity index (χ4n) is 2.12. The third-order valence-corrected chi connectivity index (χ3v) is 4.98. The standard InChI is InChI=1S/C15H15N3O5S/c1-11-4-2-5-12(8-11)17(10-15(16)19)24(22,23)14-7-3-6-13(9-14)18(20)21/h2-9H,10H2,1H3,(H2,16,19). The van der Waals surface area contributed by atoms with Gasteiger partial charge in [-0.1, -0.05) is 18.2 Å². The summed E-state index contributed by atoms with van der Waals surface area (Å²) in [4.78, 5) is 21.2.